The molecule has 0 spiro atoms. The van der Waals surface area contributed by atoms with Gasteiger partial charge in [0.05, 0.1) is 28.5 Å². The van der Waals surface area contributed by atoms with Crippen molar-refractivity contribution >= 4 is 17.2 Å². The van der Waals surface area contributed by atoms with E-state index in [4.69, 9.17) is 10.1 Å². The van der Waals surface area contributed by atoms with Crippen molar-refractivity contribution in [1.82, 2.24) is 19.7 Å². The van der Waals surface area contributed by atoms with Crippen LogP contribution >= 0.6 is 11.3 Å². The van der Waals surface area contributed by atoms with E-state index in [-0.39, 0.29) is 5.91 Å². The third kappa shape index (κ3) is 4.50. The highest BCUT2D eigenvalue weighted by atomic mass is 32.1. The highest BCUT2D eigenvalue weighted by Crippen LogP contribution is 2.29. The summed E-state index contributed by atoms with van der Waals surface area (Å²) < 4.78 is 1.95. The molecule has 0 aliphatic carbocycles. The standard InChI is InChI=1S/C26H28N4OS/c1-17-11-13-21(14-12-17)26-24(32-20(4)27-26)15-25(31)29(5)16-23-18(2)28-30(19(23)3)22-9-7-6-8-10-22/h6-14H,15-16H2,1-5H3. The molecular weight excluding hydrogens is 416 g/mol. The molecule has 2 heterocycles. The van der Waals surface area contributed by atoms with Crippen LogP contribution in [-0.4, -0.2) is 32.6 Å². The van der Waals surface area contributed by atoms with Crippen LogP contribution in [-0.2, 0) is 17.8 Å². The van der Waals surface area contributed by atoms with Crippen molar-refractivity contribution in [3.63, 3.8) is 0 Å². The molecule has 0 N–H and O–H groups in total. The van der Waals surface area contributed by atoms with Crippen molar-refractivity contribution in [1.29, 1.82) is 0 Å². The first-order valence-corrected chi connectivity index (χ1v) is 11.5. The lowest BCUT2D eigenvalue weighted by Gasteiger charge is -2.17. The number of thiazole rings is 1. The molecule has 0 bridgehead atoms. The smallest absolute Gasteiger partial charge is 0.227 e. The quantitative estimate of drug-likeness (QED) is 0.398. The topological polar surface area (TPSA) is 51.0 Å². The molecule has 0 radical (unpaired) electrons. The largest absolute Gasteiger partial charge is 0.341 e. The van der Waals surface area contributed by atoms with E-state index in [0.717, 1.165) is 43.8 Å². The zero-order chi connectivity index (χ0) is 22.8. The molecule has 0 atom stereocenters. The van der Waals surface area contributed by atoms with Crippen LogP contribution in [0.1, 0.15) is 32.4 Å². The monoisotopic (exact) mass is 444 g/mol. The predicted octanol–water partition coefficient (Wildman–Crippen LogP) is 5.43. The minimum Gasteiger partial charge on any atom is -0.341 e. The van der Waals surface area contributed by atoms with E-state index in [1.807, 2.05) is 55.9 Å². The number of para-hydroxylation sites is 1. The average Bonchev–Trinajstić information content (AvgIpc) is 3.28. The molecular formula is C26H28N4OS. The molecule has 0 aliphatic rings. The zero-order valence-corrected chi connectivity index (χ0v) is 20.0. The Bertz CT molecular complexity index is 1240. The molecule has 4 rings (SSSR count). The Morgan fingerprint density at radius 1 is 1.00 bits per heavy atom. The van der Waals surface area contributed by atoms with Gasteiger partial charge in [0, 0.05) is 35.3 Å². The van der Waals surface area contributed by atoms with E-state index < -0.39 is 0 Å². The summed E-state index contributed by atoms with van der Waals surface area (Å²) in [7, 11) is 1.86. The number of nitrogens with zero attached hydrogens (tertiary/aromatic N) is 4. The van der Waals surface area contributed by atoms with Gasteiger partial charge in [-0.1, -0.05) is 48.0 Å². The van der Waals surface area contributed by atoms with Crippen LogP contribution in [0.3, 0.4) is 0 Å². The van der Waals surface area contributed by atoms with Gasteiger partial charge >= 0.3 is 0 Å². The lowest BCUT2D eigenvalue weighted by Crippen LogP contribution is -2.28. The summed E-state index contributed by atoms with van der Waals surface area (Å²) in [5, 5.41) is 5.69. The van der Waals surface area contributed by atoms with Gasteiger partial charge in [-0.15, -0.1) is 11.3 Å². The maximum atomic E-state index is 13.1. The number of rotatable bonds is 6. The fourth-order valence-electron chi connectivity index (χ4n) is 3.85. The summed E-state index contributed by atoms with van der Waals surface area (Å²) in [5.74, 6) is 0.0771. The van der Waals surface area contributed by atoms with Crippen LogP contribution in [0.4, 0.5) is 0 Å². The fourth-order valence-corrected chi connectivity index (χ4v) is 4.80. The average molecular weight is 445 g/mol. The van der Waals surface area contributed by atoms with Crippen LogP contribution < -0.4 is 0 Å². The number of amides is 1. The van der Waals surface area contributed by atoms with Gasteiger partial charge in [-0.2, -0.15) is 5.10 Å². The second-order valence-electron chi connectivity index (χ2n) is 8.19. The van der Waals surface area contributed by atoms with E-state index in [1.165, 1.54) is 5.56 Å². The van der Waals surface area contributed by atoms with Crippen LogP contribution in [0.2, 0.25) is 0 Å². The third-order valence-electron chi connectivity index (χ3n) is 5.70. The van der Waals surface area contributed by atoms with E-state index >= 15 is 0 Å². The van der Waals surface area contributed by atoms with Crippen LogP contribution in [0, 0.1) is 27.7 Å². The maximum absolute atomic E-state index is 13.1. The van der Waals surface area contributed by atoms with E-state index in [2.05, 4.69) is 38.1 Å². The second kappa shape index (κ2) is 9.09. The van der Waals surface area contributed by atoms with Gasteiger partial charge in [-0.05, 0) is 39.8 Å². The van der Waals surface area contributed by atoms with Gasteiger partial charge in [0.15, 0.2) is 0 Å². The minimum atomic E-state index is 0.0771. The summed E-state index contributed by atoms with van der Waals surface area (Å²) >= 11 is 1.60. The van der Waals surface area contributed by atoms with Crippen LogP contribution in [0.15, 0.2) is 54.6 Å². The van der Waals surface area contributed by atoms with Gasteiger partial charge in [-0.3, -0.25) is 4.79 Å². The van der Waals surface area contributed by atoms with Crippen molar-refractivity contribution in [3.8, 4) is 16.9 Å². The van der Waals surface area contributed by atoms with Gasteiger partial charge in [0.1, 0.15) is 0 Å². The van der Waals surface area contributed by atoms with Crippen molar-refractivity contribution in [2.24, 2.45) is 0 Å². The number of hydrogen-bond acceptors (Lipinski definition) is 4. The highest BCUT2D eigenvalue weighted by molar-refractivity contribution is 7.12. The molecule has 0 fully saturated rings. The Morgan fingerprint density at radius 3 is 2.38 bits per heavy atom. The summed E-state index contributed by atoms with van der Waals surface area (Å²) in [4.78, 5) is 20.6. The zero-order valence-electron chi connectivity index (χ0n) is 19.2. The highest BCUT2D eigenvalue weighted by Gasteiger charge is 2.20. The molecule has 164 valence electrons. The molecule has 0 saturated carbocycles. The Labute approximate surface area is 193 Å². The van der Waals surface area contributed by atoms with Gasteiger partial charge in [0.25, 0.3) is 0 Å². The minimum absolute atomic E-state index is 0.0771. The number of carbonyl (C=O) groups is 1. The van der Waals surface area contributed by atoms with Crippen molar-refractivity contribution in [3.05, 3.63) is 87.0 Å². The number of benzene rings is 2. The molecule has 0 saturated heterocycles. The van der Waals surface area contributed by atoms with Crippen LogP contribution in [0.5, 0.6) is 0 Å². The van der Waals surface area contributed by atoms with E-state index in [9.17, 15) is 4.79 Å². The van der Waals surface area contributed by atoms with Gasteiger partial charge in [0.2, 0.25) is 5.91 Å². The lowest BCUT2D eigenvalue weighted by atomic mass is 10.1. The maximum Gasteiger partial charge on any atom is 0.227 e. The van der Waals surface area contributed by atoms with Crippen molar-refractivity contribution in [2.45, 2.75) is 40.7 Å². The fraction of sp³-hybridized carbons (Fsp3) is 0.269. The van der Waals surface area contributed by atoms with E-state index in [1.54, 1.807) is 16.2 Å². The Hall–Kier alpha value is -3.25. The first-order chi connectivity index (χ1) is 15.3. The van der Waals surface area contributed by atoms with Crippen molar-refractivity contribution < 1.29 is 4.79 Å². The first-order valence-electron chi connectivity index (χ1n) is 10.7. The molecule has 32 heavy (non-hydrogen) atoms. The van der Waals surface area contributed by atoms with Gasteiger partial charge < -0.3 is 4.90 Å². The molecule has 2 aromatic heterocycles. The number of likely N-dealkylation sites (N-methyl/N-ethyl adjacent to an activating group) is 1. The molecule has 4 aromatic rings. The Morgan fingerprint density at radius 2 is 1.69 bits per heavy atom. The first kappa shape index (κ1) is 22.0. The molecule has 0 unspecified atom stereocenters. The predicted molar refractivity (Wildman–Crippen MR) is 130 cm³/mol. The SMILES string of the molecule is Cc1ccc(-c2nc(C)sc2CC(=O)N(C)Cc2c(C)nn(-c3ccccc3)c2C)cc1. The number of hydrogen-bond donors (Lipinski definition) is 0. The molecule has 6 heteroatoms. The number of aryl methyl sites for hydroxylation is 3. The summed E-state index contributed by atoms with van der Waals surface area (Å²) in [6.07, 6.45) is 0.343. The molecule has 2 aromatic carbocycles. The van der Waals surface area contributed by atoms with Crippen LogP contribution in [0.25, 0.3) is 16.9 Å². The van der Waals surface area contributed by atoms with Gasteiger partial charge in [-0.25, -0.2) is 9.67 Å². The summed E-state index contributed by atoms with van der Waals surface area (Å²) in [6.45, 7) is 8.65. The van der Waals surface area contributed by atoms with E-state index in [0.29, 0.717) is 13.0 Å². The molecule has 5 nitrogen and oxygen atoms in total. The van der Waals surface area contributed by atoms with Crippen molar-refractivity contribution in [2.75, 3.05) is 7.05 Å². The lowest BCUT2D eigenvalue weighted by molar-refractivity contribution is -0.129. The summed E-state index contributed by atoms with van der Waals surface area (Å²) in [5.41, 5.74) is 7.29. The second-order valence-corrected chi connectivity index (χ2v) is 9.48. The normalized spacial score (nSPS) is 11.0. The third-order valence-corrected chi connectivity index (χ3v) is 6.67. The molecule has 1 amide bonds. The Balaban J connectivity index is 1.53. The number of carbonyl (C=O) groups excluding carboxylic acids is 1. The summed E-state index contributed by atoms with van der Waals surface area (Å²) in [6, 6.07) is 18.4. The number of aromatic nitrogens is 3. The molecule has 0 aliphatic heterocycles. The Kier molecular flexibility index (Phi) is 6.24.